The van der Waals surface area contributed by atoms with Crippen LogP contribution >= 0.6 is 7.60 Å². The molecule has 1 atom stereocenters. The van der Waals surface area contributed by atoms with Gasteiger partial charge in [0.25, 0.3) is 0 Å². The molecule has 0 spiro atoms. The number of esters is 1. The first kappa shape index (κ1) is 14.2. The van der Waals surface area contributed by atoms with Gasteiger partial charge < -0.3 is 9.26 Å². The average Bonchev–Trinajstić information content (AvgIpc) is 2.12. The molecule has 0 aromatic rings. The summed E-state index contributed by atoms with van der Waals surface area (Å²) in [6, 6.07) is 0. The molecule has 0 heterocycles. The van der Waals surface area contributed by atoms with Crippen molar-refractivity contribution < 1.29 is 23.1 Å². The summed E-state index contributed by atoms with van der Waals surface area (Å²) in [4.78, 5) is 11.4. The lowest BCUT2D eigenvalue weighted by atomic mass is 10.1. The molecular weight excluding hydrogens is 219 g/mol. The maximum absolute atomic E-state index is 11.5. The highest BCUT2D eigenvalue weighted by molar-refractivity contribution is 7.53. The van der Waals surface area contributed by atoms with E-state index >= 15 is 0 Å². The summed E-state index contributed by atoms with van der Waals surface area (Å²) in [5.74, 6) is 1.47. The first-order valence-electron chi connectivity index (χ1n) is 4.20. The van der Waals surface area contributed by atoms with Gasteiger partial charge in [-0.25, -0.2) is 4.79 Å². The Morgan fingerprint density at radius 3 is 2.47 bits per heavy atom. The van der Waals surface area contributed by atoms with Crippen molar-refractivity contribution in [2.24, 2.45) is 0 Å². The predicted molar refractivity (Wildman–Crippen MR) is 55.5 cm³/mol. The maximum atomic E-state index is 11.5. The Balaban J connectivity index is 4.49. The predicted octanol–water partition coefficient (Wildman–Crippen LogP) is 1.43. The zero-order valence-corrected chi connectivity index (χ0v) is 10.2. The van der Waals surface area contributed by atoms with Gasteiger partial charge in [0.1, 0.15) is 0 Å². The second-order valence-electron chi connectivity index (χ2n) is 3.34. The zero-order valence-electron chi connectivity index (χ0n) is 9.27. The molecule has 0 saturated heterocycles. The van der Waals surface area contributed by atoms with Gasteiger partial charge in [-0.2, -0.15) is 0 Å². The van der Waals surface area contributed by atoms with Gasteiger partial charge >= 0.3 is 13.6 Å². The molecule has 0 aliphatic rings. The molecule has 0 radical (unpaired) electrons. The number of ether oxygens (including phenoxy) is 1. The van der Waals surface area contributed by atoms with Crippen molar-refractivity contribution in [2.75, 3.05) is 20.4 Å². The highest BCUT2D eigenvalue weighted by Gasteiger charge is 2.36. The Morgan fingerprint density at radius 2 is 2.07 bits per heavy atom. The summed E-state index contributed by atoms with van der Waals surface area (Å²) in [6.07, 6.45) is 4.93. The number of hydrogen-bond acceptors (Lipinski definition) is 5. The summed E-state index contributed by atoms with van der Waals surface area (Å²) < 4.78 is 25.8. The Bertz CT molecular complexity index is 315. The lowest BCUT2D eigenvalue weighted by molar-refractivity contribution is -0.158. The van der Waals surface area contributed by atoms with Crippen LogP contribution in [0.4, 0.5) is 0 Å². The van der Waals surface area contributed by atoms with Crippen molar-refractivity contribution in [3.63, 3.8) is 0 Å². The van der Waals surface area contributed by atoms with Crippen LogP contribution in [0.5, 0.6) is 0 Å². The van der Waals surface area contributed by atoms with Gasteiger partial charge in [-0.05, 0) is 13.8 Å². The van der Waals surface area contributed by atoms with E-state index in [1.807, 2.05) is 0 Å². The molecule has 0 bridgehead atoms. The average molecular weight is 234 g/mol. The molecule has 1 unspecified atom stereocenters. The van der Waals surface area contributed by atoms with Crippen molar-refractivity contribution in [3.05, 3.63) is 0 Å². The van der Waals surface area contributed by atoms with Gasteiger partial charge in [0.05, 0.1) is 0 Å². The summed E-state index contributed by atoms with van der Waals surface area (Å²) in [7, 11) is -1.99. The molecule has 0 aromatic heterocycles. The van der Waals surface area contributed by atoms with Crippen LogP contribution in [0.25, 0.3) is 0 Å². The van der Waals surface area contributed by atoms with E-state index in [0.717, 1.165) is 0 Å². The number of carbonyl (C=O) groups excluding carboxylic acids is 1. The van der Waals surface area contributed by atoms with Crippen molar-refractivity contribution in [1.82, 2.24) is 0 Å². The van der Waals surface area contributed by atoms with E-state index in [4.69, 9.17) is 10.9 Å². The standard InChI is InChI=1S/C9H15O5P/c1-6-7-13-8(10)9(2,3)14-15(5,11)12-4/h1H,7H2,2-5H3. The summed E-state index contributed by atoms with van der Waals surface area (Å²) >= 11 is 0. The van der Waals surface area contributed by atoms with E-state index in [9.17, 15) is 9.36 Å². The second-order valence-corrected chi connectivity index (χ2v) is 5.43. The van der Waals surface area contributed by atoms with Crippen LogP contribution in [0, 0.1) is 12.3 Å². The minimum absolute atomic E-state index is 0.146. The topological polar surface area (TPSA) is 61.8 Å². The maximum Gasteiger partial charge on any atom is 0.339 e. The molecule has 0 N–H and O–H groups in total. The fraction of sp³-hybridized carbons (Fsp3) is 0.667. The zero-order chi connectivity index (χ0) is 12.1. The van der Waals surface area contributed by atoms with Gasteiger partial charge in [-0.15, -0.1) is 6.42 Å². The molecule has 15 heavy (non-hydrogen) atoms. The molecule has 86 valence electrons. The van der Waals surface area contributed by atoms with Crippen LogP contribution in [-0.4, -0.2) is 32.0 Å². The molecule has 0 aromatic carbocycles. The third-order valence-electron chi connectivity index (χ3n) is 1.50. The summed E-state index contributed by atoms with van der Waals surface area (Å²) in [5.41, 5.74) is -1.35. The summed E-state index contributed by atoms with van der Waals surface area (Å²) in [5, 5.41) is 0. The van der Waals surface area contributed by atoms with Crippen LogP contribution in [0.1, 0.15) is 13.8 Å². The number of carbonyl (C=O) groups is 1. The molecule has 0 saturated carbocycles. The van der Waals surface area contributed by atoms with Crippen molar-refractivity contribution >= 4 is 13.6 Å². The summed E-state index contributed by atoms with van der Waals surface area (Å²) in [6.45, 7) is 3.98. The fourth-order valence-electron chi connectivity index (χ4n) is 0.770. The molecule has 0 fully saturated rings. The van der Waals surface area contributed by atoms with E-state index in [1.165, 1.54) is 27.6 Å². The molecule has 0 rings (SSSR count). The first-order valence-corrected chi connectivity index (χ1v) is 6.19. The van der Waals surface area contributed by atoms with Crippen molar-refractivity contribution in [1.29, 1.82) is 0 Å². The molecule has 0 aliphatic heterocycles. The van der Waals surface area contributed by atoms with Gasteiger partial charge in [-0.3, -0.25) is 9.09 Å². The minimum Gasteiger partial charge on any atom is -0.450 e. The van der Waals surface area contributed by atoms with Crippen LogP contribution in [0.3, 0.4) is 0 Å². The molecule has 0 aliphatic carbocycles. The smallest absolute Gasteiger partial charge is 0.339 e. The first-order chi connectivity index (χ1) is 6.75. The number of terminal acetylenes is 1. The Hall–Kier alpha value is -0.820. The van der Waals surface area contributed by atoms with Gasteiger partial charge in [0.15, 0.2) is 12.2 Å². The lowest BCUT2D eigenvalue weighted by Gasteiger charge is -2.25. The SMILES string of the molecule is C#CCOC(=O)C(C)(C)OP(C)(=O)OC. The van der Waals surface area contributed by atoms with Crippen LogP contribution < -0.4 is 0 Å². The fourth-order valence-corrected chi connectivity index (χ4v) is 1.75. The lowest BCUT2D eigenvalue weighted by Crippen LogP contribution is -2.36. The largest absolute Gasteiger partial charge is 0.450 e. The normalized spacial score (nSPS) is 15.1. The van der Waals surface area contributed by atoms with Gasteiger partial charge in [0, 0.05) is 13.8 Å². The van der Waals surface area contributed by atoms with E-state index in [0.29, 0.717) is 0 Å². The Morgan fingerprint density at radius 1 is 1.53 bits per heavy atom. The highest BCUT2D eigenvalue weighted by Crippen LogP contribution is 2.46. The molecule has 0 amide bonds. The second kappa shape index (κ2) is 5.32. The minimum atomic E-state index is -3.23. The quantitative estimate of drug-likeness (QED) is 0.409. The van der Waals surface area contributed by atoms with Crippen LogP contribution in [0.2, 0.25) is 0 Å². The Labute approximate surface area is 89.6 Å². The van der Waals surface area contributed by atoms with E-state index in [-0.39, 0.29) is 6.61 Å². The van der Waals surface area contributed by atoms with Crippen LogP contribution in [0.15, 0.2) is 0 Å². The monoisotopic (exact) mass is 234 g/mol. The van der Waals surface area contributed by atoms with Gasteiger partial charge in [0.2, 0.25) is 0 Å². The molecule has 6 heteroatoms. The molecular formula is C9H15O5P. The molecule has 5 nitrogen and oxygen atoms in total. The number of rotatable bonds is 5. The highest BCUT2D eigenvalue weighted by atomic mass is 31.2. The third-order valence-corrected chi connectivity index (χ3v) is 2.96. The van der Waals surface area contributed by atoms with Crippen LogP contribution in [-0.2, 0) is 23.1 Å². The van der Waals surface area contributed by atoms with E-state index in [2.05, 4.69) is 15.2 Å². The van der Waals surface area contributed by atoms with Crippen molar-refractivity contribution in [2.45, 2.75) is 19.4 Å². The van der Waals surface area contributed by atoms with E-state index in [1.54, 1.807) is 0 Å². The van der Waals surface area contributed by atoms with Crippen molar-refractivity contribution in [3.8, 4) is 12.3 Å². The van der Waals surface area contributed by atoms with E-state index < -0.39 is 19.2 Å². The Kier molecular flexibility index (Phi) is 5.02. The number of hydrogen-bond donors (Lipinski definition) is 0. The van der Waals surface area contributed by atoms with Gasteiger partial charge in [-0.1, -0.05) is 5.92 Å². The third kappa shape index (κ3) is 4.98.